The summed E-state index contributed by atoms with van der Waals surface area (Å²) in [4.78, 5) is 23.2. The molecular weight excluding hydrogens is 352 g/mol. The molecule has 166 valence electrons. The van der Waals surface area contributed by atoms with Crippen molar-refractivity contribution in [1.29, 1.82) is 0 Å². The summed E-state index contributed by atoms with van der Waals surface area (Å²) in [5.74, 6) is 0.278. The van der Waals surface area contributed by atoms with Gasteiger partial charge in [-0.25, -0.2) is 0 Å². The molecular formula is C24H46O4. The molecule has 0 amide bonds. The van der Waals surface area contributed by atoms with Gasteiger partial charge in [-0.2, -0.15) is 0 Å². The fourth-order valence-electron chi connectivity index (χ4n) is 3.07. The normalized spacial score (nSPS) is 11.0. The van der Waals surface area contributed by atoms with Crippen LogP contribution in [0.3, 0.4) is 0 Å². The molecule has 0 N–H and O–H groups in total. The summed E-state index contributed by atoms with van der Waals surface area (Å²) in [7, 11) is 0. The van der Waals surface area contributed by atoms with E-state index in [0.717, 1.165) is 44.9 Å². The minimum Gasteiger partial charge on any atom is -0.466 e. The van der Waals surface area contributed by atoms with Gasteiger partial charge in [0.25, 0.3) is 0 Å². The molecule has 4 nitrogen and oxygen atoms in total. The molecule has 0 saturated heterocycles. The third-order valence-electron chi connectivity index (χ3n) is 4.85. The fraction of sp³-hybridized carbons (Fsp3) is 0.917. The lowest BCUT2D eigenvalue weighted by molar-refractivity contribution is -0.145. The van der Waals surface area contributed by atoms with Gasteiger partial charge in [0.15, 0.2) is 0 Å². The molecule has 0 aromatic carbocycles. The first-order chi connectivity index (χ1) is 13.6. The number of carbonyl (C=O) groups is 2. The van der Waals surface area contributed by atoms with Crippen molar-refractivity contribution in [1.82, 2.24) is 0 Å². The molecule has 0 aliphatic heterocycles. The lowest BCUT2D eigenvalue weighted by Crippen LogP contribution is -2.09. The molecule has 0 aliphatic rings. The van der Waals surface area contributed by atoms with Crippen molar-refractivity contribution >= 4 is 11.9 Å². The Bertz CT molecular complexity index is 366. The van der Waals surface area contributed by atoms with Crippen LogP contribution in [0.1, 0.15) is 124 Å². The van der Waals surface area contributed by atoms with Gasteiger partial charge in [-0.1, -0.05) is 91.4 Å². The van der Waals surface area contributed by atoms with Crippen molar-refractivity contribution in [2.45, 2.75) is 124 Å². The van der Waals surface area contributed by atoms with Crippen LogP contribution < -0.4 is 0 Å². The van der Waals surface area contributed by atoms with Crippen LogP contribution in [0.5, 0.6) is 0 Å². The molecule has 0 radical (unpaired) electrons. The molecule has 0 unspecified atom stereocenters. The third kappa shape index (κ3) is 21.2. The van der Waals surface area contributed by atoms with Crippen LogP contribution in [0.4, 0.5) is 0 Å². The molecule has 0 bridgehead atoms. The maximum absolute atomic E-state index is 11.7. The number of rotatable bonds is 20. The van der Waals surface area contributed by atoms with Crippen LogP contribution >= 0.6 is 0 Å². The van der Waals surface area contributed by atoms with Crippen LogP contribution in [0.15, 0.2) is 0 Å². The highest BCUT2D eigenvalue weighted by molar-refractivity contribution is 5.69. The topological polar surface area (TPSA) is 52.6 Å². The van der Waals surface area contributed by atoms with Crippen LogP contribution in [0.2, 0.25) is 0 Å². The quantitative estimate of drug-likeness (QED) is 0.164. The summed E-state index contributed by atoms with van der Waals surface area (Å²) < 4.78 is 10.5. The zero-order chi connectivity index (χ0) is 20.9. The number of ether oxygens (including phenoxy) is 2. The first-order valence-corrected chi connectivity index (χ1v) is 11.9. The fourth-order valence-corrected chi connectivity index (χ4v) is 3.07. The van der Waals surface area contributed by atoms with Gasteiger partial charge in [0, 0.05) is 12.8 Å². The molecule has 0 spiro atoms. The summed E-state index contributed by atoms with van der Waals surface area (Å²) in [6.07, 6.45) is 17.3. The monoisotopic (exact) mass is 398 g/mol. The van der Waals surface area contributed by atoms with Gasteiger partial charge in [0.2, 0.25) is 0 Å². The smallest absolute Gasteiger partial charge is 0.305 e. The first kappa shape index (κ1) is 26.9. The number of hydrogen-bond donors (Lipinski definition) is 0. The lowest BCUT2D eigenvalue weighted by Gasteiger charge is -2.07. The van der Waals surface area contributed by atoms with Gasteiger partial charge in [-0.3, -0.25) is 9.59 Å². The molecule has 0 aromatic heterocycles. The summed E-state index contributed by atoms with van der Waals surface area (Å²) >= 11 is 0. The average molecular weight is 399 g/mol. The van der Waals surface area contributed by atoms with E-state index < -0.39 is 0 Å². The minimum atomic E-state index is -0.0760. The second kappa shape index (κ2) is 20.7. The minimum absolute atomic E-state index is 0.0455. The Morgan fingerprint density at radius 2 is 1.04 bits per heavy atom. The Balaban J connectivity index is 3.26. The Kier molecular flexibility index (Phi) is 19.9. The Hall–Kier alpha value is -1.06. The summed E-state index contributed by atoms with van der Waals surface area (Å²) in [5, 5.41) is 0. The summed E-state index contributed by atoms with van der Waals surface area (Å²) in [6, 6.07) is 0. The standard InChI is InChI=1S/C24H46O4/c1-4-5-6-7-8-11-14-17-20-27-23(25)18-15-12-9-10-13-16-19-24(26)28-21-22(2)3/h22H,4-21H2,1-3H3. The van der Waals surface area contributed by atoms with E-state index in [1.165, 1.54) is 44.9 Å². The van der Waals surface area contributed by atoms with E-state index in [4.69, 9.17) is 9.47 Å². The molecule has 4 heteroatoms. The lowest BCUT2D eigenvalue weighted by atomic mass is 10.1. The Labute approximate surface area is 174 Å². The average Bonchev–Trinajstić information content (AvgIpc) is 2.67. The van der Waals surface area contributed by atoms with Crippen molar-refractivity contribution in [2.24, 2.45) is 5.92 Å². The summed E-state index contributed by atoms with van der Waals surface area (Å²) in [6.45, 7) is 7.43. The maximum atomic E-state index is 11.7. The maximum Gasteiger partial charge on any atom is 0.305 e. The van der Waals surface area contributed by atoms with E-state index in [1.807, 2.05) is 13.8 Å². The highest BCUT2D eigenvalue weighted by Crippen LogP contribution is 2.11. The van der Waals surface area contributed by atoms with Crippen LogP contribution in [-0.4, -0.2) is 25.2 Å². The second-order valence-electron chi connectivity index (χ2n) is 8.39. The van der Waals surface area contributed by atoms with E-state index in [1.54, 1.807) is 0 Å². The Morgan fingerprint density at radius 3 is 1.54 bits per heavy atom. The van der Waals surface area contributed by atoms with Crippen molar-refractivity contribution in [2.75, 3.05) is 13.2 Å². The van der Waals surface area contributed by atoms with E-state index >= 15 is 0 Å². The number of hydrogen-bond acceptors (Lipinski definition) is 4. The van der Waals surface area contributed by atoms with Crippen molar-refractivity contribution in [3.05, 3.63) is 0 Å². The number of unbranched alkanes of at least 4 members (excludes halogenated alkanes) is 12. The van der Waals surface area contributed by atoms with E-state index in [-0.39, 0.29) is 11.9 Å². The predicted molar refractivity (Wildman–Crippen MR) is 116 cm³/mol. The molecule has 0 aromatic rings. The van der Waals surface area contributed by atoms with E-state index in [9.17, 15) is 9.59 Å². The number of carbonyl (C=O) groups excluding carboxylic acids is 2. The largest absolute Gasteiger partial charge is 0.466 e. The van der Waals surface area contributed by atoms with Gasteiger partial charge < -0.3 is 9.47 Å². The van der Waals surface area contributed by atoms with E-state index in [0.29, 0.717) is 32.0 Å². The molecule has 0 aliphatic carbocycles. The van der Waals surface area contributed by atoms with Gasteiger partial charge in [-0.15, -0.1) is 0 Å². The Morgan fingerprint density at radius 1 is 0.607 bits per heavy atom. The molecule has 0 rings (SSSR count). The van der Waals surface area contributed by atoms with E-state index in [2.05, 4.69) is 6.92 Å². The van der Waals surface area contributed by atoms with Gasteiger partial charge >= 0.3 is 11.9 Å². The van der Waals surface area contributed by atoms with Crippen LogP contribution in [0.25, 0.3) is 0 Å². The molecule has 0 heterocycles. The van der Waals surface area contributed by atoms with Gasteiger partial charge in [-0.05, 0) is 25.2 Å². The SMILES string of the molecule is CCCCCCCCCCOC(=O)CCCCCCCCC(=O)OCC(C)C. The first-order valence-electron chi connectivity index (χ1n) is 11.9. The zero-order valence-corrected chi connectivity index (χ0v) is 18.9. The van der Waals surface area contributed by atoms with Crippen molar-refractivity contribution in [3.63, 3.8) is 0 Å². The zero-order valence-electron chi connectivity index (χ0n) is 18.9. The highest BCUT2D eigenvalue weighted by Gasteiger charge is 2.05. The van der Waals surface area contributed by atoms with Crippen molar-refractivity contribution < 1.29 is 19.1 Å². The van der Waals surface area contributed by atoms with Crippen LogP contribution in [0, 0.1) is 5.92 Å². The summed E-state index contributed by atoms with van der Waals surface area (Å²) in [5.41, 5.74) is 0. The second-order valence-corrected chi connectivity index (χ2v) is 8.39. The molecule has 0 atom stereocenters. The van der Waals surface area contributed by atoms with Crippen LogP contribution in [-0.2, 0) is 19.1 Å². The number of esters is 2. The van der Waals surface area contributed by atoms with Gasteiger partial charge in [0.1, 0.15) is 0 Å². The predicted octanol–water partition coefficient (Wildman–Crippen LogP) is 6.99. The van der Waals surface area contributed by atoms with Gasteiger partial charge in [0.05, 0.1) is 13.2 Å². The van der Waals surface area contributed by atoms with Crippen molar-refractivity contribution in [3.8, 4) is 0 Å². The molecule has 0 fully saturated rings. The molecule has 28 heavy (non-hydrogen) atoms. The highest BCUT2D eigenvalue weighted by atomic mass is 16.5. The third-order valence-corrected chi connectivity index (χ3v) is 4.85. The molecule has 0 saturated carbocycles.